The number of nitrogens with one attached hydrogen (secondary N) is 1. The Morgan fingerprint density at radius 1 is 1.28 bits per heavy atom. The van der Waals surface area contributed by atoms with Crippen molar-refractivity contribution in [1.29, 1.82) is 0 Å². The zero-order valence-corrected chi connectivity index (χ0v) is 17.9. The Hall–Kier alpha value is -1.90. The van der Waals surface area contributed by atoms with Crippen LogP contribution in [0.15, 0.2) is 12.3 Å². The van der Waals surface area contributed by atoms with Crippen molar-refractivity contribution in [3.8, 4) is 0 Å². The Balaban J connectivity index is 1.90. The Morgan fingerprint density at radius 3 is 2.48 bits per heavy atom. The van der Waals surface area contributed by atoms with E-state index in [1.807, 2.05) is 13.8 Å². The molecule has 0 bridgehead atoms. The number of nitrogens with two attached hydrogens (primary N) is 1. The molecule has 0 spiro atoms. The maximum Gasteiger partial charge on any atom is 0.334 e. The molecule has 3 N–H and O–H groups in total. The second kappa shape index (κ2) is 8.85. The van der Waals surface area contributed by atoms with Gasteiger partial charge in [0.25, 0.3) is 0 Å². The first-order chi connectivity index (χ1) is 13.5. The maximum atomic E-state index is 12.9. The van der Waals surface area contributed by atoms with E-state index in [4.69, 9.17) is 24.3 Å². The summed E-state index contributed by atoms with van der Waals surface area (Å²) in [5.41, 5.74) is 3.33. The summed E-state index contributed by atoms with van der Waals surface area (Å²) in [6.07, 6.45) is 0.549. The first-order valence-electron chi connectivity index (χ1n) is 9.34. The van der Waals surface area contributed by atoms with Crippen LogP contribution in [-0.4, -0.2) is 50.5 Å². The minimum atomic E-state index is -3.67. The molecule has 0 aromatic carbocycles. The van der Waals surface area contributed by atoms with Gasteiger partial charge >= 0.3 is 13.6 Å². The van der Waals surface area contributed by atoms with Crippen molar-refractivity contribution in [2.24, 2.45) is 16.6 Å². The summed E-state index contributed by atoms with van der Waals surface area (Å²) in [6.45, 7) is 6.98. The summed E-state index contributed by atoms with van der Waals surface area (Å²) in [5.74, 6) is -1.46. The molecule has 1 saturated carbocycles. The van der Waals surface area contributed by atoms with Gasteiger partial charge in [-0.25, -0.2) is 0 Å². The van der Waals surface area contributed by atoms with Gasteiger partial charge in [0.1, 0.15) is 5.41 Å². The normalized spacial score (nSPS) is 26.8. The zero-order chi connectivity index (χ0) is 21.9. The highest BCUT2D eigenvalue weighted by Crippen LogP contribution is 2.58. The molecule has 0 aromatic rings. The van der Waals surface area contributed by atoms with Crippen LogP contribution in [0.25, 0.3) is 0 Å². The van der Waals surface area contributed by atoms with Crippen molar-refractivity contribution < 1.29 is 37.5 Å². The number of carbonyl (C=O) groups excluding carboxylic acids is 3. The van der Waals surface area contributed by atoms with Gasteiger partial charge in [-0.15, -0.1) is 0 Å². The third kappa shape index (κ3) is 5.58. The molecule has 2 rings (SSSR count). The molecular formula is C18H29N2O8P. The van der Waals surface area contributed by atoms with Gasteiger partial charge in [0.05, 0.1) is 19.0 Å². The van der Waals surface area contributed by atoms with Crippen molar-refractivity contribution in [2.75, 3.05) is 26.6 Å². The summed E-state index contributed by atoms with van der Waals surface area (Å²) in [4.78, 5) is 35.9. The minimum absolute atomic E-state index is 0.0722. The van der Waals surface area contributed by atoms with E-state index >= 15 is 0 Å². The van der Waals surface area contributed by atoms with Crippen LogP contribution in [0.2, 0.25) is 0 Å². The monoisotopic (exact) mass is 432 g/mol. The van der Waals surface area contributed by atoms with Gasteiger partial charge in [0.2, 0.25) is 18.6 Å². The third-order valence-corrected chi connectivity index (χ3v) is 7.09. The SMILES string of the molecule is C=C(CCNC(=O)[C@@H]1OP(=O)(OCOC(=O)C2(C(N)=O)CC2)CCC1(C)C)OC. The average Bonchev–Trinajstić information content (AvgIpc) is 3.46. The van der Waals surface area contributed by atoms with E-state index in [2.05, 4.69) is 11.9 Å². The second-order valence-corrected chi connectivity index (χ2v) is 10.1. The van der Waals surface area contributed by atoms with Crippen molar-refractivity contribution in [3.05, 3.63) is 12.3 Å². The predicted octanol–water partition coefficient (Wildman–Crippen LogP) is 1.44. The van der Waals surface area contributed by atoms with Crippen molar-refractivity contribution in [1.82, 2.24) is 5.32 Å². The summed E-state index contributed by atoms with van der Waals surface area (Å²) in [5, 5.41) is 2.71. The first kappa shape index (κ1) is 23.4. The number of amides is 2. The Kier molecular flexibility index (Phi) is 7.14. The van der Waals surface area contributed by atoms with Gasteiger partial charge in [-0.3, -0.25) is 28.0 Å². The third-order valence-electron chi connectivity index (χ3n) is 5.29. The molecule has 0 aromatic heterocycles. The average molecular weight is 432 g/mol. The highest BCUT2D eigenvalue weighted by Gasteiger charge is 2.57. The molecule has 1 unspecified atom stereocenters. The molecule has 1 aliphatic carbocycles. The summed E-state index contributed by atoms with van der Waals surface area (Å²) < 4.78 is 33.5. The van der Waals surface area contributed by atoms with E-state index in [1.165, 1.54) is 7.11 Å². The lowest BCUT2D eigenvalue weighted by molar-refractivity contribution is -0.160. The highest BCUT2D eigenvalue weighted by atomic mass is 31.2. The van der Waals surface area contributed by atoms with E-state index in [0.29, 0.717) is 38.0 Å². The standard InChI is InChI=1S/C18H29N2O8P/c1-12(25-4)5-9-20-14(21)13-17(2,3)8-10-29(24,28-13)27-11-26-16(23)18(6-7-18)15(19)22/h13H,1,5-11H2,2-4H3,(H2,19,22)(H,20,21)/t13-,29?/m0/s1. The van der Waals surface area contributed by atoms with Crippen LogP contribution in [-0.2, 0) is 37.5 Å². The summed E-state index contributed by atoms with van der Waals surface area (Å²) in [6, 6.07) is 0. The van der Waals surface area contributed by atoms with Crippen molar-refractivity contribution >= 4 is 25.4 Å². The van der Waals surface area contributed by atoms with Crippen molar-refractivity contribution in [3.63, 3.8) is 0 Å². The highest BCUT2D eigenvalue weighted by molar-refractivity contribution is 7.53. The number of rotatable bonds is 10. The van der Waals surface area contributed by atoms with Gasteiger partial charge < -0.3 is 20.5 Å². The van der Waals surface area contributed by atoms with Crippen LogP contribution >= 0.6 is 7.60 Å². The van der Waals surface area contributed by atoms with E-state index in [1.54, 1.807) is 0 Å². The van der Waals surface area contributed by atoms with E-state index in [-0.39, 0.29) is 6.16 Å². The van der Waals surface area contributed by atoms with Crippen LogP contribution in [0.3, 0.4) is 0 Å². The van der Waals surface area contributed by atoms with Crippen molar-refractivity contribution in [2.45, 2.75) is 45.6 Å². The molecule has 1 aliphatic heterocycles. The van der Waals surface area contributed by atoms with Gasteiger partial charge in [-0.2, -0.15) is 0 Å². The molecule has 10 nitrogen and oxygen atoms in total. The maximum absolute atomic E-state index is 12.9. The molecule has 11 heteroatoms. The Bertz CT molecular complexity index is 731. The molecule has 2 fully saturated rings. The largest absolute Gasteiger partial charge is 0.502 e. The fourth-order valence-electron chi connectivity index (χ4n) is 2.90. The van der Waals surface area contributed by atoms with Crippen LogP contribution in [0.4, 0.5) is 0 Å². The van der Waals surface area contributed by atoms with Crippen LogP contribution in [0.5, 0.6) is 0 Å². The number of hydrogen-bond acceptors (Lipinski definition) is 8. The fraction of sp³-hybridized carbons (Fsp3) is 0.722. The number of primary amides is 1. The van der Waals surface area contributed by atoms with Crippen LogP contribution in [0.1, 0.15) is 39.5 Å². The summed E-state index contributed by atoms with van der Waals surface area (Å²) >= 11 is 0. The first-order valence-corrected chi connectivity index (χ1v) is 11.1. The minimum Gasteiger partial charge on any atom is -0.502 e. The van der Waals surface area contributed by atoms with Gasteiger partial charge in [-0.1, -0.05) is 20.4 Å². The molecule has 2 atom stereocenters. The summed E-state index contributed by atoms with van der Waals surface area (Å²) in [7, 11) is -2.18. The molecule has 0 radical (unpaired) electrons. The lowest BCUT2D eigenvalue weighted by atomic mass is 9.83. The van der Waals surface area contributed by atoms with E-state index < -0.39 is 49.1 Å². The van der Waals surface area contributed by atoms with Gasteiger partial charge in [0, 0.05) is 18.4 Å². The molecule has 2 amide bonds. The van der Waals surface area contributed by atoms with Crippen LogP contribution < -0.4 is 11.1 Å². The number of hydrogen-bond donors (Lipinski definition) is 2. The lowest BCUT2D eigenvalue weighted by Gasteiger charge is -2.40. The molecule has 1 heterocycles. The quantitative estimate of drug-likeness (QED) is 0.174. The number of esters is 1. The number of ether oxygens (including phenoxy) is 2. The Labute approximate surface area is 170 Å². The number of methoxy groups -OCH3 is 1. The topological polar surface area (TPSA) is 143 Å². The molecule has 29 heavy (non-hydrogen) atoms. The lowest BCUT2D eigenvalue weighted by Crippen LogP contribution is -2.48. The van der Waals surface area contributed by atoms with Crippen LogP contribution in [0, 0.1) is 10.8 Å². The molecular weight excluding hydrogens is 403 g/mol. The van der Waals surface area contributed by atoms with E-state index in [0.717, 1.165) is 0 Å². The smallest absolute Gasteiger partial charge is 0.334 e. The van der Waals surface area contributed by atoms with Gasteiger partial charge in [-0.05, 0) is 19.3 Å². The predicted molar refractivity (Wildman–Crippen MR) is 102 cm³/mol. The molecule has 164 valence electrons. The Morgan fingerprint density at radius 2 is 1.93 bits per heavy atom. The second-order valence-electron chi connectivity index (χ2n) is 7.97. The van der Waals surface area contributed by atoms with Gasteiger partial charge in [0.15, 0.2) is 6.10 Å². The van der Waals surface area contributed by atoms with E-state index in [9.17, 15) is 18.9 Å². The fourth-order valence-corrected chi connectivity index (χ4v) is 4.97. The molecule has 1 saturated heterocycles. The zero-order valence-electron chi connectivity index (χ0n) is 17.0. The number of carbonyl (C=O) groups is 3. The molecule has 2 aliphatic rings.